The average Bonchev–Trinajstić information content (AvgIpc) is 3.31. The minimum Gasteiger partial charge on any atom is -0.456 e. The predicted octanol–water partition coefficient (Wildman–Crippen LogP) is 6.19. The highest BCUT2D eigenvalue weighted by molar-refractivity contribution is 7.07. The molecule has 0 saturated carbocycles. The molecule has 0 spiro atoms. The first-order valence-electron chi connectivity index (χ1n) is 9.22. The number of benzene rings is 2. The summed E-state index contributed by atoms with van der Waals surface area (Å²) in [4.78, 5) is 16.3. The molecule has 4 rings (SSSR count). The zero-order valence-electron chi connectivity index (χ0n) is 16.4. The van der Waals surface area contributed by atoms with Crippen LogP contribution in [0.1, 0.15) is 5.56 Å². The van der Waals surface area contributed by atoms with Crippen molar-refractivity contribution in [1.29, 1.82) is 0 Å². The number of anilines is 2. The number of aromatic nitrogens is 3. The van der Waals surface area contributed by atoms with Gasteiger partial charge in [0.1, 0.15) is 28.7 Å². The van der Waals surface area contributed by atoms with Gasteiger partial charge >= 0.3 is 12.2 Å². The van der Waals surface area contributed by atoms with E-state index in [9.17, 15) is 22.4 Å². The van der Waals surface area contributed by atoms with E-state index in [1.54, 1.807) is 17.0 Å². The Labute approximate surface area is 188 Å². The smallest absolute Gasteiger partial charge is 0.416 e. The summed E-state index contributed by atoms with van der Waals surface area (Å²) >= 11 is 1.39. The second kappa shape index (κ2) is 9.20. The minimum atomic E-state index is -4.56. The van der Waals surface area contributed by atoms with Crippen molar-refractivity contribution in [2.75, 3.05) is 10.6 Å². The van der Waals surface area contributed by atoms with Crippen LogP contribution in [0.4, 0.5) is 33.7 Å². The van der Waals surface area contributed by atoms with Crippen molar-refractivity contribution in [3.8, 4) is 22.9 Å². The number of halogens is 4. The minimum absolute atomic E-state index is 0.104. The highest BCUT2D eigenvalue weighted by Gasteiger charge is 2.30. The van der Waals surface area contributed by atoms with E-state index in [0.717, 1.165) is 24.3 Å². The number of nitrogens with zero attached hydrogens (tertiary/aromatic N) is 3. The number of alkyl halides is 3. The van der Waals surface area contributed by atoms with Gasteiger partial charge in [0.15, 0.2) is 0 Å². The van der Waals surface area contributed by atoms with Gasteiger partial charge in [-0.05, 0) is 30.3 Å². The van der Waals surface area contributed by atoms with Crippen molar-refractivity contribution in [3.63, 3.8) is 0 Å². The normalized spacial score (nSPS) is 11.2. The lowest BCUT2D eigenvalue weighted by Gasteiger charge is -2.12. The predicted molar refractivity (Wildman–Crippen MR) is 114 cm³/mol. The summed E-state index contributed by atoms with van der Waals surface area (Å²) in [5.41, 5.74) is 1.48. The summed E-state index contributed by atoms with van der Waals surface area (Å²) in [5.74, 6) is -0.278. The Kier molecular flexibility index (Phi) is 6.18. The van der Waals surface area contributed by atoms with E-state index in [2.05, 4.69) is 25.8 Å². The second-order valence-corrected chi connectivity index (χ2v) is 7.27. The standard InChI is InChI=1S/C21H13F4N5O2S/c22-16-5-4-14(32-15-8-18(30-27-9-15)19-10-33-11-26-19)7-17(16)29-20(31)28-13-3-1-2-12(6-13)21(23,24)25/h1-11H,(H2,28,29,31). The Bertz CT molecular complexity index is 1280. The Hall–Kier alpha value is -4.06. The van der Waals surface area contributed by atoms with Crippen molar-refractivity contribution in [1.82, 2.24) is 15.2 Å². The molecule has 0 aliphatic rings. The molecule has 0 atom stereocenters. The Morgan fingerprint density at radius 2 is 1.85 bits per heavy atom. The number of hydrogen-bond acceptors (Lipinski definition) is 6. The maximum Gasteiger partial charge on any atom is 0.416 e. The lowest BCUT2D eigenvalue weighted by Crippen LogP contribution is -2.20. The number of urea groups is 1. The summed E-state index contributed by atoms with van der Waals surface area (Å²) in [6, 6.07) is 8.38. The molecule has 0 radical (unpaired) electrons. The monoisotopic (exact) mass is 475 g/mol. The summed E-state index contributed by atoms with van der Waals surface area (Å²) < 4.78 is 58.4. The van der Waals surface area contributed by atoms with Gasteiger partial charge in [-0.2, -0.15) is 18.3 Å². The third-order valence-electron chi connectivity index (χ3n) is 4.19. The topological polar surface area (TPSA) is 89.0 Å². The van der Waals surface area contributed by atoms with Crippen LogP contribution in [0, 0.1) is 5.82 Å². The van der Waals surface area contributed by atoms with Crippen molar-refractivity contribution in [2.45, 2.75) is 6.18 Å². The fraction of sp³-hybridized carbons (Fsp3) is 0.0476. The van der Waals surface area contributed by atoms with Crippen molar-refractivity contribution >= 4 is 28.7 Å². The molecule has 0 fully saturated rings. The SMILES string of the molecule is O=C(Nc1cccc(C(F)(F)F)c1)Nc1cc(Oc2cnnc(-c3cscn3)c2)ccc1F. The largest absolute Gasteiger partial charge is 0.456 e. The quantitative estimate of drug-likeness (QED) is 0.336. The fourth-order valence-corrected chi connectivity index (χ4v) is 3.27. The van der Waals surface area contributed by atoms with Crippen LogP contribution in [0.25, 0.3) is 11.4 Å². The summed E-state index contributed by atoms with van der Waals surface area (Å²) in [5, 5.41) is 14.1. The second-order valence-electron chi connectivity index (χ2n) is 6.55. The van der Waals surface area contributed by atoms with E-state index in [-0.39, 0.29) is 17.1 Å². The van der Waals surface area contributed by atoms with Gasteiger partial charge in [-0.3, -0.25) is 0 Å². The van der Waals surface area contributed by atoms with E-state index in [1.807, 2.05) is 0 Å². The molecule has 0 aliphatic heterocycles. The molecule has 2 heterocycles. The molecule has 0 aliphatic carbocycles. The number of carbonyl (C=O) groups excluding carboxylic acids is 1. The van der Waals surface area contributed by atoms with Gasteiger partial charge < -0.3 is 15.4 Å². The summed E-state index contributed by atoms with van der Waals surface area (Å²) in [7, 11) is 0. The van der Waals surface area contributed by atoms with Crippen LogP contribution in [-0.4, -0.2) is 21.2 Å². The van der Waals surface area contributed by atoms with Gasteiger partial charge in [0.05, 0.1) is 23.0 Å². The first kappa shape index (κ1) is 22.1. The molecule has 4 aromatic rings. The maximum atomic E-state index is 14.2. The van der Waals surface area contributed by atoms with Crippen LogP contribution < -0.4 is 15.4 Å². The van der Waals surface area contributed by atoms with Crippen LogP contribution in [-0.2, 0) is 6.18 Å². The molecular weight excluding hydrogens is 462 g/mol. The molecule has 0 saturated heterocycles. The highest BCUT2D eigenvalue weighted by atomic mass is 32.1. The Balaban J connectivity index is 1.47. The maximum absolute atomic E-state index is 14.2. The van der Waals surface area contributed by atoms with E-state index in [4.69, 9.17) is 4.74 Å². The molecule has 168 valence electrons. The van der Waals surface area contributed by atoms with Crippen LogP contribution in [0.5, 0.6) is 11.5 Å². The van der Waals surface area contributed by atoms with Gasteiger partial charge in [-0.15, -0.1) is 16.4 Å². The van der Waals surface area contributed by atoms with E-state index >= 15 is 0 Å². The zero-order valence-corrected chi connectivity index (χ0v) is 17.2. The molecule has 2 N–H and O–H groups in total. The van der Waals surface area contributed by atoms with Gasteiger partial charge in [0.2, 0.25) is 0 Å². The molecule has 0 bridgehead atoms. The van der Waals surface area contributed by atoms with E-state index < -0.39 is 23.6 Å². The van der Waals surface area contributed by atoms with E-state index in [0.29, 0.717) is 17.1 Å². The molecule has 12 heteroatoms. The first-order chi connectivity index (χ1) is 15.8. The molecule has 33 heavy (non-hydrogen) atoms. The lowest BCUT2D eigenvalue weighted by molar-refractivity contribution is -0.137. The molecule has 2 aromatic heterocycles. The third-order valence-corrected chi connectivity index (χ3v) is 4.78. The molecule has 2 aromatic carbocycles. The Morgan fingerprint density at radius 3 is 2.61 bits per heavy atom. The van der Waals surface area contributed by atoms with Crippen LogP contribution in [0.15, 0.2) is 65.6 Å². The van der Waals surface area contributed by atoms with E-state index in [1.165, 1.54) is 35.7 Å². The third kappa shape index (κ3) is 5.60. The number of thiazole rings is 1. The summed E-state index contributed by atoms with van der Waals surface area (Å²) in [6.07, 6.45) is -3.21. The van der Waals surface area contributed by atoms with Crippen LogP contribution >= 0.6 is 11.3 Å². The van der Waals surface area contributed by atoms with Gasteiger partial charge in [-0.25, -0.2) is 14.2 Å². The molecular formula is C21H13F4N5O2S. The number of hydrogen-bond donors (Lipinski definition) is 2. The average molecular weight is 475 g/mol. The summed E-state index contributed by atoms with van der Waals surface area (Å²) in [6.45, 7) is 0. The number of nitrogens with one attached hydrogen (secondary N) is 2. The van der Waals surface area contributed by atoms with Crippen molar-refractivity contribution in [3.05, 3.63) is 77.0 Å². The number of ether oxygens (including phenoxy) is 1. The van der Waals surface area contributed by atoms with Gasteiger partial charge in [-0.1, -0.05) is 6.07 Å². The molecule has 2 amide bonds. The van der Waals surface area contributed by atoms with Gasteiger partial charge in [0.25, 0.3) is 0 Å². The lowest BCUT2D eigenvalue weighted by atomic mass is 10.2. The Morgan fingerprint density at radius 1 is 1.00 bits per heavy atom. The number of rotatable bonds is 5. The van der Waals surface area contributed by atoms with Crippen molar-refractivity contribution in [2.24, 2.45) is 0 Å². The van der Waals surface area contributed by atoms with Crippen molar-refractivity contribution < 1.29 is 27.1 Å². The molecule has 7 nitrogen and oxygen atoms in total. The van der Waals surface area contributed by atoms with Gasteiger partial charge in [0, 0.05) is 23.2 Å². The fourth-order valence-electron chi connectivity index (χ4n) is 2.73. The molecule has 0 unspecified atom stereocenters. The first-order valence-corrected chi connectivity index (χ1v) is 10.2. The zero-order chi connectivity index (χ0) is 23.4. The van der Waals surface area contributed by atoms with Crippen LogP contribution in [0.2, 0.25) is 0 Å². The van der Waals surface area contributed by atoms with Crippen LogP contribution in [0.3, 0.4) is 0 Å². The number of amides is 2. The number of carbonyl (C=O) groups is 1. The highest BCUT2D eigenvalue weighted by Crippen LogP contribution is 2.31.